The van der Waals surface area contributed by atoms with Gasteiger partial charge >= 0.3 is 0 Å². The van der Waals surface area contributed by atoms with Crippen molar-refractivity contribution in [3.8, 4) is 11.5 Å². The largest absolute Gasteiger partial charge is 0.486 e. The molecule has 0 aromatic heterocycles. The Bertz CT molecular complexity index is 847. The predicted molar refractivity (Wildman–Crippen MR) is 95.4 cm³/mol. The molecule has 6 nitrogen and oxygen atoms in total. The summed E-state index contributed by atoms with van der Waals surface area (Å²) < 4.78 is 11.2. The van der Waals surface area contributed by atoms with E-state index in [1.54, 1.807) is 24.3 Å². The molecule has 1 unspecified atom stereocenters. The second kappa shape index (κ2) is 6.71. The van der Waals surface area contributed by atoms with Gasteiger partial charge in [0.2, 0.25) is 5.91 Å². The molecule has 1 fully saturated rings. The number of hydrogen-bond acceptors (Lipinski definition) is 4. The topological polar surface area (TPSA) is 81.9 Å². The van der Waals surface area contributed by atoms with Crippen molar-refractivity contribution in [2.45, 2.75) is 18.9 Å². The van der Waals surface area contributed by atoms with Crippen LogP contribution in [-0.2, 0) is 0 Å². The summed E-state index contributed by atoms with van der Waals surface area (Å²) in [6, 6.07) is 12.4. The smallest absolute Gasteiger partial charge is 0.254 e. The van der Waals surface area contributed by atoms with Crippen LogP contribution in [0.1, 0.15) is 45.2 Å². The molecule has 26 heavy (non-hydrogen) atoms. The van der Waals surface area contributed by atoms with E-state index in [4.69, 9.17) is 15.2 Å². The monoisotopic (exact) mass is 352 g/mol. The fourth-order valence-corrected chi connectivity index (χ4v) is 3.57. The van der Waals surface area contributed by atoms with E-state index < -0.39 is 5.91 Å². The molecule has 1 atom stereocenters. The summed E-state index contributed by atoms with van der Waals surface area (Å²) in [7, 11) is 0. The lowest BCUT2D eigenvalue weighted by molar-refractivity contribution is 0.0734. The molecule has 0 saturated carbocycles. The summed E-state index contributed by atoms with van der Waals surface area (Å²) in [5, 5.41) is 0. The highest BCUT2D eigenvalue weighted by atomic mass is 16.6. The van der Waals surface area contributed by atoms with Gasteiger partial charge in [-0.05, 0) is 54.8 Å². The van der Waals surface area contributed by atoms with Crippen LogP contribution in [0.5, 0.6) is 11.5 Å². The fraction of sp³-hybridized carbons (Fsp3) is 0.300. The molecule has 1 saturated heterocycles. The van der Waals surface area contributed by atoms with Gasteiger partial charge in [-0.1, -0.05) is 6.07 Å². The summed E-state index contributed by atoms with van der Waals surface area (Å²) >= 11 is 0. The number of likely N-dealkylation sites (tertiary alicyclic amines) is 1. The van der Waals surface area contributed by atoms with E-state index in [0.29, 0.717) is 30.9 Å². The number of benzene rings is 2. The van der Waals surface area contributed by atoms with Gasteiger partial charge in [-0.25, -0.2) is 0 Å². The summed E-state index contributed by atoms with van der Waals surface area (Å²) in [4.78, 5) is 26.0. The molecule has 2 aromatic rings. The van der Waals surface area contributed by atoms with Crippen molar-refractivity contribution in [2.75, 3.05) is 19.8 Å². The minimum absolute atomic E-state index is 0.00847. The van der Waals surface area contributed by atoms with Gasteiger partial charge in [-0.15, -0.1) is 0 Å². The summed E-state index contributed by atoms with van der Waals surface area (Å²) in [6.45, 7) is 1.80. The van der Waals surface area contributed by atoms with Crippen LogP contribution in [-0.4, -0.2) is 36.5 Å². The lowest BCUT2D eigenvalue weighted by Crippen LogP contribution is -2.30. The van der Waals surface area contributed by atoms with Gasteiger partial charge in [0.05, 0.1) is 6.04 Å². The molecule has 2 aliphatic rings. The SMILES string of the molecule is NC(=O)c1ccc(C(=O)N2CCCC2c2ccc3c(c2)OCCO3)cc1. The van der Waals surface area contributed by atoms with Gasteiger partial charge in [0, 0.05) is 17.7 Å². The molecule has 2 aliphatic heterocycles. The minimum atomic E-state index is -0.501. The first-order valence-corrected chi connectivity index (χ1v) is 8.74. The highest BCUT2D eigenvalue weighted by molar-refractivity contribution is 5.97. The first-order chi connectivity index (χ1) is 12.6. The molecule has 2 heterocycles. The van der Waals surface area contributed by atoms with E-state index in [1.165, 1.54) is 0 Å². The highest BCUT2D eigenvalue weighted by Crippen LogP contribution is 2.38. The summed E-state index contributed by atoms with van der Waals surface area (Å²) in [5.74, 6) is 0.939. The number of nitrogens with zero attached hydrogens (tertiary/aromatic N) is 1. The number of hydrogen-bond donors (Lipinski definition) is 1. The first kappa shape index (κ1) is 16.4. The Balaban J connectivity index is 1.58. The Kier molecular flexibility index (Phi) is 4.24. The highest BCUT2D eigenvalue weighted by Gasteiger charge is 2.31. The molecule has 2 amide bonds. The number of nitrogens with two attached hydrogens (primary N) is 1. The van der Waals surface area contributed by atoms with Crippen LogP contribution >= 0.6 is 0 Å². The van der Waals surface area contributed by atoms with Crippen LogP contribution in [0.15, 0.2) is 42.5 Å². The molecule has 2 aromatic carbocycles. The third kappa shape index (κ3) is 2.98. The number of carbonyl (C=O) groups is 2. The summed E-state index contributed by atoms with van der Waals surface area (Å²) in [5.41, 5.74) is 7.26. The van der Waals surface area contributed by atoms with Crippen molar-refractivity contribution >= 4 is 11.8 Å². The lowest BCUT2D eigenvalue weighted by atomic mass is 10.0. The molecule has 4 rings (SSSR count). The Morgan fingerprint density at radius 1 is 0.962 bits per heavy atom. The fourth-order valence-electron chi connectivity index (χ4n) is 3.57. The van der Waals surface area contributed by atoms with Crippen LogP contribution in [0.4, 0.5) is 0 Å². The number of ether oxygens (including phenoxy) is 2. The van der Waals surface area contributed by atoms with E-state index in [0.717, 1.165) is 29.9 Å². The number of amides is 2. The van der Waals surface area contributed by atoms with Crippen LogP contribution < -0.4 is 15.2 Å². The van der Waals surface area contributed by atoms with Gasteiger partial charge in [0.15, 0.2) is 11.5 Å². The van der Waals surface area contributed by atoms with E-state index >= 15 is 0 Å². The Hall–Kier alpha value is -3.02. The van der Waals surface area contributed by atoms with E-state index in [-0.39, 0.29) is 11.9 Å². The maximum Gasteiger partial charge on any atom is 0.254 e. The van der Waals surface area contributed by atoms with Gasteiger partial charge in [-0.3, -0.25) is 9.59 Å². The normalized spacial score (nSPS) is 18.6. The van der Waals surface area contributed by atoms with Crippen molar-refractivity contribution in [3.05, 3.63) is 59.2 Å². The van der Waals surface area contributed by atoms with Crippen LogP contribution in [0.25, 0.3) is 0 Å². The van der Waals surface area contributed by atoms with Crippen molar-refractivity contribution in [1.29, 1.82) is 0 Å². The van der Waals surface area contributed by atoms with Gasteiger partial charge in [0.1, 0.15) is 13.2 Å². The maximum atomic E-state index is 13.0. The summed E-state index contributed by atoms with van der Waals surface area (Å²) in [6.07, 6.45) is 1.86. The first-order valence-electron chi connectivity index (χ1n) is 8.74. The molecular formula is C20H20N2O4. The maximum absolute atomic E-state index is 13.0. The molecule has 6 heteroatoms. The van der Waals surface area contributed by atoms with Crippen molar-refractivity contribution in [3.63, 3.8) is 0 Å². The number of rotatable bonds is 3. The average molecular weight is 352 g/mol. The van der Waals surface area contributed by atoms with Crippen molar-refractivity contribution in [1.82, 2.24) is 4.90 Å². The zero-order valence-corrected chi connectivity index (χ0v) is 14.3. The van der Waals surface area contributed by atoms with Crippen molar-refractivity contribution < 1.29 is 19.1 Å². The standard InChI is InChI=1S/C20H20N2O4/c21-19(23)13-3-5-14(6-4-13)20(24)22-9-1-2-16(22)15-7-8-17-18(12-15)26-11-10-25-17/h3-8,12,16H,1-2,9-11H2,(H2,21,23). The number of carbonyl (C=O) groups excluding carboxylic acids is 2. The average Bonchev–Trinajstić information content (AvgIpc) is 3.17. The third-order valence-corrected chi connectivity index (χ3v) is 4.88. The van der Waals surface area contributed by atoms with E-state index in [2.05, 4.69) is 0 Å². The third-order valence-electron chi connectivity index (χ3n) is 4.88. The van der Waals surface area contributed by atoms with Gasteiger partial charge < -0.3 is 20.1 Å². The lowest BCUT2D eigenvalue weighted by Gasteiger charge is -2.27. The van der Waals surface area contributed by atoms with Crippen LogP contribution in [0, 0.1) is 0 Å². The number of primary amides is 1. The second-order valence-corrected chi connectivity index (χ2v) is 6.50. The van der Waals surface area contributed by atoms with Crippen molar-refractivity contribution in [2.24, 2.45) is 5.73 Å². The molecule has 0 radical (unpaired) electrons. The molecular weight excluding hydrogens is 332 g/mol. The molecule has 0 aliphatic carbocycles. The molecule has 2 N–H and O–H groups in total. The quantitative estimate of drug-likeness (QED) is 0.920. The Morgan fingerprint density at radius 2 is 1.65 bits per heavy atom. The Labute approximate surface area is 151 Å². The molecule has 0 bridgehead atoms. The van der Waals surface area contributed by atoms with Crippen LogP contribution in [0.3, 0.4) is 0 Å². The zero-order valence-electron chi connectivity index (χ0n) is 14.3. The van der Waals surface area contributed by atoms with E-state index in [9.17, 15) is 9.59 Å². The van der Waals surface area contributed by atoms with Gasteiger partial charge in [-0.2, -0.15) is 0 Å². The second-order valence-electron chi connectivity index (χ2n) is 6.50. The Morgan fingerprint density at radius 3 is 2.38 bits per heavy atom. The molecule has 134 valence electrons. The molecule has 0 spiro atoms. The number of fused-ring (bicyclic) bond motifs is 1. The predicted octanol–water partition coefficient (Wildman–Crippen LogP) is 2.53. The van der Waals surface area contributed by atoms with E-state index in [1.807, 2.05) is 23.1 Å². The van der Waals surface area contributed by atoms with Gasteiger partial charge in [0.25, 0.3) is 5.91 Å². The zero-order chi connectivity index (χ0) is 18.1. The minimum Gasteiger partial charge on any atom is -0.486 e. The van der Waals surface area contributed by atoms with Crippen LogP contribution in [0.2, 0.25) is 0 Å².